The molecule has 3 aliphatic carbocycles. The number of ether oxygens (including phenoxy) is 4. The number of rotatable bonds is 6. The van der Waals surface area contributed by atoms with Crippen molar-refractivity contribution in [3.63, 3.8) is 0 Å². The van der Waals surface area contributed by atoms with Crippen LogP contribution in [0.15, 0.2) is 30.3 Å². The molecule has 0 amide bonds. The standard InChI is InChI=1S/C24H30O11/c1-21(31)10-22(2)24(34-19-17(28)16(27)15(26)13(9-25)33-19)8-14(21)23(24,20(30)35-22)11-32-18(29)12-6-4-3-5-7-12/h3-7,13-17,19,25-28,31H,8-11H2,1-2H3/t13-,14+,15-,16+,17-,19+,21-,22+,23+,24+/m1/s1. The van der Waals surface area contributed by atoms with Gasteiger partial charge in [-0.15, -0.1) is 0 Å². The summed E-state index contributed by atoms with van der Waals surface area (Å²) in [6.45, 7) is 2.08. The topological polar surface area (TPSA) is 172 Å². The summed E-state index contributed by atoms with van der Waals surface area (Å²) in [6, 6.07) is 8.21. The van der Waals surface area contributed by atoms with Gasteiger partial charge in [-0.05, 0) is 32.4 Å². The summed E-state index contributed by atoms with van der Waals surface area (Å²) in [4.78, 5) is 26.1. The number of hydrogen-bond donors (Lipinski definition) is 5. The lowest BCUT2D eigenvalue weighted by molar-refractivity contribution is -0.403. The van der Waals surface area contributed by atoms with Gasteiger partial charge in [0.15, 0.2) is 6.29 Å². The Bertz CT molecular complexity index is 1010. The van der Waals surface area contributed by atoms with E-state index < -0.39 is 84.0 Å². The van der Waals surface area contributed by atoms with E-state index in [1.54, 1.807) is 44.2 Å². The summed E-state index contributed by atoms with van der Waals surface area (Å²) in [6.07, 6.45) is -7.58. The van der Waals surface area contributed by atoms with E-state index in [0.717, 1.165) is 0 Å². The largest absolute Gasteiger partial charge is 0.461 e. The predicted molar refractivity (Wildman–Crippen MR) is 115 cm³/mol. The van der Waals surface area contributed by atoms with Gasteiger partial charge in [0, 0.05) is 12.3 Å². The average Bonchev–Trinajstić information content (AvgIpc) is 2.88. The smallest absolute Gasteiger partial charge is 0.338 e. The Morgan fingerprint density at radius 2 is 1.80 bits per heavy atom. The second-order valence-electron chi connectivity index (χ2n) is 10.5. The molecule has 2 heterocycles. The van der Waals surface area contributed by atoms with E-state index >= 15 is 0 Å². The minimum atomic E-state index is -1.70. The van der Waals surface area contributed by atoms with E-state index in [2.05, 4.69) is 0 Å². The molecule has 0 aromatic heterocycles. The van der Waals surface area contributed by atoms with Crippen LogP contribution in [-0.2, 0) is 23.7 Å². The normalized spacial score (nSPS) is 48.1. The van der Waals surface area contributed by atoms with Gasteiger partial charge in [0.05, 0.1) is 17.8 Å². The van der Waals surface area contributed by atoms with Gasteiger partial charge in [-0.2, -0.15) is 0 Å². The van der Waals surface area contributed by atoms with E-state index in [1.807, 2.05) is 0 Å². The van der Waals surface area contributed by atoms with Gasteiger partial charge in [-0.25, -0.2) is 4.79 Å². The van der Waals surface area contributed by atoms with Crippen LogP contribution in [0.25, 0.3) is 0 Å². The van der Waals surface area contributed by atoms with E-state index in [1.165, 1.54) is 0 Å². The van der Waals surface area contributed by atoms with Crippen molar-refractivity contribution in [3.05, 3.63) is 35.9 Å². The Morgan fingerprint density at radius 3 is 2.46 bits per heavy atom. The van der Waals surface area contributed by atoms with Crippen molar-refractivity contribution in [1.82, 2.24) is 0 Å². The first-order valence-corrected chi connectivity index (χ1v) is 11.6. The van der Waals surface area contributed by atoms with Gasteiger partial charge in [-0.1, -0.05) is 18.2 Å². The highest BCUT2D eigenvalue weighted by molar-refractivity contribution is 5.90. The Morgan fingerprint density at radius 1 is 1.11 bits per heavy atom. The third-order valence-electron chi connectivity index (χ3n) is 8.40. The molecule has 192 valence electrons. The summed E-state index contributed by atoms with van der Waals surface area (Å²) in [5.74, 6) is -2.07. The summed E-state index contributed by atoms with van der Waals surface area (Å²) in [5.41, 5.74) is -5.53. The third kappa shape index (κ3) is 3.16. The van der Waals surface area contributed by atoms with Crippen LogP contribution in [0, 0.1) is 11.3 Å². The zero-order valence-corrected chi connectivity index (χ0v) is 19.4. The first kappa shape index (κ1) is 24.6. The molecule has 3 saturated carbocycles. The lowest BCUT2D eigenvalue weighted by Gasteiger charge is -2.69. The fourth-order valence-corrected chi connectivity index (χ4v) is 6.66. The molecule has 0 spiro atoms. The number of aliphatic hydroxyl groups excluding tert-OH is 4. The molecule has 2 aliphatic heterocycles. The lowest BCUT2D eigenvalue weighted by Crippen LogP contribution is -2.82. The zero-order valence-electron chi connectivity index (χ0n) is 19.4. The van der Waals surface area contributed by atoms with Crippen molar-refractivity contribution in [2.24, 2.45) is 11.3 Å². The number of esters is 2. The maximum Gasteiger partial charge on any atom is 0.338 e. The van der Waals surface area contributed by atoms with Crippen molar-refractivity contribution in [2.75, 3.05) is 13.2 Å². The van der Waals surface area contributed by atoms with E-state index in [4.69, 9.17) is 18.9 Å². The Labute approximate surface area is 201 Å². The van der Waals surface area contributed by atoms with Crippen molar-refractivity contribution in [1.29, 1.82) is 0 Å². The fraction of sp³-hybridized carbons (Fsp3) is 0.667. The summed E-state index contributed by atoms with van der Waals surface area (Å²) in [5, 5.41) is 51.7. The fourth-order valence-electron chi connectivity index (χ4n) is 6.66. The van der Waals surface area contributed by atoms with Gasteiger partial charge in [0.2, 0.25) is 0 Å². The van der Waals surface area contributed by atoms with Gasteiger partial charge in [0.1, 0.15) is 47.6 Å². The monoisotopic (exact) mass is 494 g/mol. The van der Waals surface area contributed by atoms with Crippen LogP contribution in [0.3, 0.4) is 0 Å². The zero-order chi connectivity index (χ0) is 25.4. The number of benzene rings is 1. The van der Waals surface area contributed by atoms with Crippen molar-refractivity contribution < 1.29 is 54.1 Å². The highest BCUT2D eigenvalue weighted by Crippen LogP contribution is 2.75. The lowest BCUT2D eigenvalue weighted by atomic mass is 9.38. The Balaban J connectivity index is 1.49. The summed E-state index contributed by atoms with van der Waals surface area (Å²) in [7, 11) is 0. The number of fused-ring (bicyclic) bond motifs is 1. The molecule has 1 aromatic rings. The van der Waals surface area contributed by atoms with Crippen LogP contribution >= 0.6 is 0 Å². The molecule has 2 saturated heterocycles. The highest BCUT2D eigenvalue weighted by atomic mass is 16.7. The van der Waals surface area contributed by atoms with Crippen LogP contribution in [0.5, 0.6) is 0 Å². The number of aliphatic hydroxyl groups is 5. The van der Waals surface area contributed by atoms with Crippen LogP contribution in [0.1, 0.15) is 37.0 Å². The van der Waals surface area contributed by atoms with E-state index in [9.17, 15) is 35.1 Å². The minimum absolute atomic E-state index is 0.0161. The molecule has 35 heavy (non-hydrogen) atoms. The molecular weight excluding hydrogens is 464 g/mol. The third-order valence-corrected chi connectivity index (χ3v) is 8.40. The quantitative estimate of drug-likeness (QED) is 0.303. The van der Waals surface area contributed by atoms with Crippen molar-refractivity contribution >= 4 is 11.9 Å². The summed E-state index contributed by atoms with van der Waals surface area (Å²) < 4.78 is 23.1. The molecule has 6 rings (SSSR count). The minimum Gasteiger partial charge on any atom is -0.461 e. The molecule has 5 fully saturated rings. The predicted octanol–water partition coefficient (Wildman–Crippen LogP) is -1.12. The van der Waals surface area contributed by atoms with Crippen molar-refractivity contribution in [2.45, 2.75) is 74.2 Å². The molecule has 4 bridgehead atoms. The molecule has 0 unspecified atom stereocenters. The summed E-state index contributed by atoms with van der Waals surface area (Å²) >= 11 is 0. The van der Waals surface area contributed by atoms with Crippen molar-refractivity contribution in [3.8, 4) is 0 Å². The van der Waals surface area contributed by atoms with E-state index in [0.29, 0.717) is 0 Å². The van der Waals surface area contributed by atoms with Crippen LogP contribution in [0.4, 0.5) is 0 Å². The number of hydrogen-bond acceptors (Lipinski definition) is 11. The Hall–Kier alpha value is -2.12. The van der Waals surface area contributed by atoms with Gasteiger partial charge < -0.3 is 44.5 Å². The molecule has 1 aromatic carbocycles. The van der Waals surface area contributed by atoms with Crippen LogP contribution in [0.2, 0.25) is 0 Å². The first-order valence-electron chi connectivity index (χ1n) is 11.6. The highest BCUT2D eigenvalue weighted by Gasteiger charge is 2.90. The van der Waals surface area contributed by atoms with Gasteiger partial charge in [0.25, 0.3) is 0 Å². The van der Waals surface area contributed by atoms with Crippen LogP contribution in [-0.4, -0.2) is 98.2 Å². The SMILES string of the molecule is C[C@@]1(O)C[C@]2(C)OC(=O)[C@]3(COC(=O)c4ccccc4)[C@H]1C[C@]23O[C@@H]1O[C@H](CO)[C@@H](O)[C@H](O)[C@H]1O. The Kier molecular flexibility index (Phi) is 5.57. The average molecular weight is 494 g/mol. The first-order chi connectivity index (χ1) is 16.4. The number of carbonyl (C=O) groups excluding carboxylic acids is 2. The maximum absolute atomic E-state index is 13.4. The molecular formula is C24H30O11. The second kappa shape index (κ2) is 7.94. The molecule has 0 radical (unpaired) electrons. The molecule has 11 nitrogen and oxygen atoms in total. The van der Waals surface area contributed by atoms with E-state index in [-0.39, 0.29) is 18.4 Å². The second-order valence-corrected chi connectivity index (χ2v) is 10.5. The van der Waals surface area contributed by atoms with Gasteiger partial charge >= 0.3 is 11.9 Å². The maximum atomic E-state index is 13.4. The van der Waals surface area contributed by atoms with Crippen LogP contribution < -0.4 is 0 Å². The number of carbonyl (C=O) groups is 2. The molecule has 10 atom stereocenters. The molecule has 5 N–H and O–H groups in total. The van der Waals surface area contributed by atoms with Gasteiger partial charge in [-0.3, -0.25) is 4.79 Å². The molecule has 5 aliphatic rings. The molecule has 11 heteroatoms.